The van der Waals surface area contributed by atoms with E-state index in [-0.39, 0.29) is 5.78 Å². The number of rotatable bonds is 3. The Morgan fingerprint density at radius 1 is 1.53 bits per heavy atom. The Hall–Kier alpha value is -1.16. The van der Waals surface area contributed by atoms with Crippen molar-refractivity contribution in [1.29, 1.82) is 0 Å². The summed E-state index contributed by atoms with van der Waals surface area (Å²) in [4.78, 5) is 18.5. The third kappa shape index (κ3) is 2.26. The molecule has 0 saturated heterocycles. The number of H-pyrrole nitrogens is 1. The molecule has 1 heterocycles. The van der Waals surface area contributed by atoms with Crippen molar-refractivity contribution in [3.8, 4) is 0 Å². The lowest BCUT2D eigenvalue weighted by Crippen LogP contribution is -1.95. The van der Waals surface area contributed by atoms with Gasteiger partial charge < -0.3 is 9.78 Å². The van der Waals surface area contributed by atoms with Gasteiger partial charge in [0, 0.05) is 17.3 Å². The van der Waals surface area contributed by atoms with Crippen molar-refractivity contribution in [3.63, 3.8) is 0 Å². The fourth-order valence-electron chi connectivity index (χ4n) is 1.46. The molecule has 1 N–H and O–H groups in total. The molecular formula is C11H11BrN2O. The van der Waals surface area contributed by atoms with E-state index >= 15 is 0 Å². The van der Waals surface area contributed by atoms with Crippen molar-refractivity contribution in [2.45, 2.75) is 19.8 Å². The number of hydrogen-bond acceptors (Lipinski definition) is 2. The smallest absolute Gasteiger partial charge is 0.130 e. The van der Waals surface area contributed by atoms with Gasteiger partial charge in [-0.1, -0.05) is 6.07 Å². The fraction of sp³-hybridized carbons (Fsp3) is 0.273. The van der Waals surface area contributed by atoms with Gasteiger partial charge in [-0.3, -0.25) is 0 Å². The van der Waals surface area contributed by atoms with Gasteiger partial charge in [0.05, 0.1) is 5.52 Å². The van der Waals surface area contributed by atoms with E-state index in [1.54, 1.807) is 6.92 Å². The SMILES string of the molecule is CC(=O)CCc1nc2c(Br)cccc2[nH]1. The molecule has 0 aliphatic carbocycles. The van der Waals surface area contributed by atoms with Crippen LogP contribution < -0.4 is 0 Å². The number of aryl methyl sites for hydroxylation is 1. The van der Waals surface area contributed by atoms with Gasteiger partial charge in [-0.15, -0.1) is 0 Å². The van der Waals surface area contributed by atoms with E-state index in [0.717, 1.165) is 21.3 Å². The van der Waals surface area contributed by atoms with E-state index in [4.69, 9.17) is 0 Å². The monoisotopic (exact) mass is 266 g/mol. The first-order chi connectivity index (χ1) is 7.16. The van der Waals surface area contributed by atoms with Gasteiger partial charge in [-0.2, -0.15) is 0 Å². The number of fused-ring (bicyclic) bond motifs is 1. The zero-order chi connectivity index (χ0) is 10.8. The number of imidazole rings is 1. The second kappa shape index (κ2) is 4.14. The van der Waals surface area contributed by atoms with Crippen LogP contribution in [0.3, 0.4) is 0 Å². The molecule has 0 amide bonds. The number of para-hydroxylation sites is 1. The lowest BCUT2D eigenvalue weighted by molar-refractivity contribution is -0.117. The van der Waals surface area contributed by atoms with Crippen molar-refractivity contribution in [2.24, 2.45) is 0 Å². The summed E-state index contributed by atoms with van der Waals surface area (Å²) in [6, 6.07) is 5.89. The zero-order valence-corrected chi connectivity index (χ0v) is 9.97. The van der Waals surface area contributed by atoms with Crippen molar-refractivity contribution in [3.05, 3.63) is 28.5 Å². The largest absolute Gasteiger partial charge is 0.342 e. The van der Waals surface area contributed by atoms with Crippen LogP contribution in [0.2, 0.25) is 0 Å². The lowest BCUT2D eigenvalue weighted by Gasteiger charge is -1.90. The predicted molar refractivity (Wildman–Crippen MR) is 62.8 cm³/mol. The maximum atomic E-state index is 10.8. The Labute approximate surface area is 96.0 Å². The molecule has 0 aliphatic heterocycles. The molecule has 15 heavy (non-hydrogen) atoms. The van der Waals surface area contributed by atoms with E-state index in [1.807, 2.05) is 18.2 Å². The van der Waals surface area contributed by atoms with E-state index in [2.05, 4.69) is 25.9 Å². The highest BCUT2D eigenvalue weighted by Gasteiger charge is 2.05. The maximum Gasteiger partial charge on any atom is 0.130 e. The van der Waals surface area contributed by atoms with Crippen molar-refractivity contribution < 1.29 is 4.79 Å². The molecule has 1 aromatic carbocycles. The van der Waals surface area contributed by atoms with Gasteiger partial charge in [-0.25, -0.2) is 4.98 Å². The highest BCUT2D eigenvalue weighted by molar-refractivity contribution is 9.10. The number of hydrogen-bond donors (Lipinski definition) is 1. The molecule has 3 nitrogen and oxygen atoms in total. The second-order valence-corrected chi connectivity index (χ2v) is 4.38. The number of aromatic amines is 1. The third-order valence-corrected chi connectivity index (χ3v) is 2.87. The van der Waals surface area contributed by atoms with Crippen molar-refractivity contribution in [2.75, 3.05) is 0 Å². The summed E-state index contributed by atoms with van der Waals surface area (Å²) in [7, 11) is 0. The number of halogens is 1. The van der Waals surface area contributed by atoms with Crippen LogP contribution in [0.4, 0.5) is 0 Å². The number of nitrogens with zero attached hydrogens (tertiary/aromatic N) is 1. The Kier molecular flexibility index (Phi) is 2.86. The average Bonchev–Trinajstić information content (AvgIpc) is 2.59. The summed E-state index contributed by atoms with van der Waals surface area (Å²) in [6.45, 7) is 1.60. The summed E-state index contributed by atoms with van der Waals surface area (Å²) in [5.74, 6) is 1.06. The Bertz CT molecular complexity index is 504. The highest BCUT2D eigenvalue weighted by atomic mass is 79.9. The topological polar surface area (TPSA) is 45.8 Å². The molecule has 0 spiro atoms. The minimum absolute atomic E-state index is 0.189. The molecule has 0 bridgehead atoms. The van der Waals surface area contributed by atoms with Gasteiger partial charge in [0.1, 0.15) is 17.1 Å². The Balaban J connectivity index is 2.31. The van der Waals surface area contributed by atoms with Gasteiger partial charge in [-0.05, 0) is 35.0 Å². The zero-order valence-electron chi connectivity index (χ0n) is 8.38. The molecule has 2 aromatic rings. The molecule has 0 unspecified atom stereocenters. The molecule has 78 valence electrons. The summed E-state index contributed by atoms with van der Waals surface area (Å²) in [5, 5.41) is 0. The summed E-state index contributed by atoms with van der Waals surface area (Å²) in [5.41, 5.74) is 1.93. The number of benzene rings is 1. The van der Waals surface area contributed by atoms with Crippen LogP contribution in [0, 0.1) is 0 Å². The van der Waals surface area contributed by atoms with Gasteiger partial charge in [0.25, 0.3) is 0 Å². The quantitative estimate of drug-likeness (QED) is 0.929. The van der Waals surface area contributed by atoms with Crippen LogP contribution in [0.5, 0.6) is 0 Å². The van der Waals surface area contributed by atoms with Crippen LogP contribution in [0.25, 0.3) is 11.0 Å². The average molecular weight is 267 g/mol. The first-order valence-electron chi connectivity index (χ1n) is 4.79. The Morgan fingerprint density at radius 3 is 3.00 bits per heavy atom. The van der Waals surface area contributed by atoms with Crippen molar-refractivity contribution >= 4 is 32.7 Å². The van der Waals surface area contributed by atoms with Gasteiger partial charge >= 0.3 is 0 Å². The fourth-order valence-corrected chi connectivity index (χ4v) is 1.92. The summed E-state index contributed by atoms with van der Waals surface area (Å²) < 4.78 is 0.977. The minimum atomic E-state index is 0.189. The molecule has 0 atom stereocenters. The lowest BCUT2D eigenvalue weighted by atomic mass is 10.2. The normalized spacial score (nSPS) is 10.8. The van der Waals surface area contributed by atoms with E-state index < -0.39 is 0 Å². The van der Waals surface area contributed by atoms with Gasteiger partial charge in [0.2, 0.25) is 0 Å². The number of ketones is 1. The van der Waals surface area contributed by atoms with Gasteiger partial charge in [0.15, 0.2) is 0 Å². The van der Waals surface area contributed by atoms with Crippen LogP contribution in [-0.4, -0.2) is 15.8 Å². The minimum Gasteiger partial charge on any atom is -0.342 e. The summed E-state index contributed by atoms with van der Waals surface area (Å²) in [6.07, 6.45) is 1.22. The second-order valence-electron chi connectivity index (χ2n) is 3.52. The third-order valence-electron chi connectivity index (χ3n) is 2.23. The van der Waals surface area contributed by atoms with E-state index in [9.17, 15) is 4.79 Å². The van der Waals surface area contributed by atoms with Crippen molar-refractivity contribution in [1.82, 2.24) is 9.97 Å². The number of nitrogens with one attached hydrogen (secondary N) is 1. The van der Waals surface area contributed by atoms with Crippen LogP contribution in [0.1, 0.15) is 19.2 Å². The standard InChI is InChI=1S/C11H11BrN2O/c1-7(15)5-6-10-13-9-4-2-3-8(12)11(9)14-10/h2-4H,5-6H2,1H3,(H,13,14). The van der Waals surface area contributed by atoms with Crippen LogP contribution >= 0.6 is 15.9 Å². The van der Waals surface area contributed by atoms with Crippen LogP contribution in [0.15, 0.2) is 22.7 Å². The molecule has 2 rings (SSSR count). The predicted octanol–water partition coefficient (Wildman–Crippen LogP) is 2.85. The molecule has 1 aromatic heterocycles. The maximum absolute atomic E-state index is 10.8. The highest BCUT2D eigenvalue weighted by Crippen LogP contribution is 2.21. The van der Waals surface area contributed by atoms with E-state index in [0.29, 0.717) is 12.8 Å². The molecule has 0 saturated carbocycles. The number of aromatic nitrogens is 2. The molecule has 4 heteroatoms. The number of carbonyl (C=O) groups excluding carboxylic acids is 1. The van der Waals surface area contributed by atoms with E-state index in [1.165, 1.54) is 0 Å². The number of Topliss-reactive ketones (excluding diaryl/α,β-unsaturated/α-hetero) is 1. The Morgan fingerprint density at radius 2 is 2.33 bits per heavy atom. The molecule has 0 fully saturated rings. The van der Waals surface area contributed by atoms with Crippen LogP contribution in [-0.2, 0) is 11.2 Å². The molecule has 0 aliphatic rings. The first kappa shape index (κ1) is 10.4. The molecule has 0 radical (unpaired) electrons. The molecular weight excluding hydrogens is 256 g/mol. The summed E-state index contributed by atoms with van der Waals surface area (Å²) >= 11 is 3.44. The number of carbonyl (C=O) groups is 1. The first-order valence-corrected chi connectivity index (χ1v) is 5.58.